The van der Waals surface area contributed by atoms with Crippen molar-refractivity contribution in [2.75, 3.05) is 7.11 Å². The topological polar surface area (TPSA) is 56.7 Å². The zero-order valence-corrected chi connectivity index (χ0v) is 23.5. The van der Waals surface area contributed by atoms with Gasteiger partial charge >= 0.3 is 0 Å². The second-order valence-electron chi connectivity index (χ2n) is 9.57. The number of halogens is 1. The lowest BCUT2D eigenvalue weighted by molar-refractivity contribution is 0.402. The van der Waals surface area contributed by atoms with Crippen molar-refractivity contribution in [3.63, 3.8) is 0 Å². The van der Waals surface area contributed by atoms with Gasteiger partial charge in [-0.1, -0.05) is 81.9 Å². The molecule has 5 nitrogen and oxygen atoms in total. The predicted molar refractivity (Wildman–Crippen MR) is 158 cm³/mol. The fourth-order valence-electron chi connectivity index (χ4n) is 5.55. The average molecular weight is 596 g/mol. The van der Waals surface area contributed by atoms with Gasteiger partial charge < -0.3 is 9.15 Å². The van der Waals surface area contributed by atoms with Gasteiger partial charge in [0, 0.05) is 27.2 Å². The van der Waals surface area contributed by atoms with Gasteiger partial charge in [0.25, 0.3) is 5.56 Å². The lowest BCUT2D eigenvalue weighted by Crippen LogP contribution is -2.38. The molecule has 1 atom stereocenters. The number of allylic oxidation sites excluding steroid dienone is 1. The van der Waals surface area contributed by atoms with Crippen molar-refractivity contribution >= 4 is 39.0 Å². The second kappa shape index (κ2) is 9.67. The van der Waals surface area contributed by atoms with Crippen LogP contribution < -0.4 is 19.6 Å². The third kappa shape index (κ3) is 4.13. The predicted octanol–water partition coefficient (Wildman–Crippen LogP) is 6.35. The number of ether oxygens (including phenoxy) is 1. The Morgan fingerprint density at radius 3 is 2.74 bits per heavy atom. The van der Waals surface area contributed by atoms with E-state index >= 15 is 0 Å². The van der Waals surface area contributed by atoms with E-state index in [1.54, 1.807) is 7.11 Å². The Labute approximate surface area is 237 Å². The van der Waals surface area contributed by atoms with Gasteiger partial charge in [-0.25, -0.2) is 4.99 Å². The largest absolute Gasteiger partial charge is 0.496 e. The summed E-state index contributed by atoms with van der Waals surface area (Å²) in [6, 6.07) is 27.9. The number of para-hydroxylation sites is 1. The first-order valence-corrected chi connectivity index (χ1v) is 14.3. The fraction of sp³-hybridized carbons (Fsp3) is 0.125. The number of methoxy groups -OCH3 is 1. The molecule has 3 aromatic carbocycles. The number of rotatable bonds is 4. The van der Waals surface area contributed by atoms with Crippen molar-refractivity contribution in [3.05, 3.63) is 137 Å². The summed E-state index contributed by atoms with van der Waals surface area (Å²) in [7, 11) is 1.67. The average Bonchev–Trinajstić information content (AvgIpc) is 3.56. The van der Waals surface area contributed by atoms with Gasteiger partial charge in [0.15, 0.2) is 4.80 Å². The number of nitrogens with zero attached hydrogens (tertiary/aromatic N) is 2. The highest BCUT2D eigenvalue weighted by Crippen LogP contribution is 2.43. The second-order valence-corrected chi connectivity index (χ2v) is 11.5. The van der Waals surface area contributed by atoms with Crippen LogP contribution in [-0.4, -0.2) is 11.7 Å². The molecule has 0 amide bonds. The minimum absolute atomic E-state index is 0.0829. The molecule has 7 heteroatoms. The summed E-state index contributed by atoms with van der Waals surface area (Å²) in [6.07, 6.45) is 3.56. The Bertz CT molecular complexity index is 1960. The molecule has 0 radical (unpaired) electrons. The highest BCUT2D eigenvalue weighted by atomic mass is 79.9. The van der Waals surface area contributed by atoms with Crippen LogP contribution in [0.3, 0.4) is 0 Å². The first kappa shape index (κ1) is 24.1. The van der Waals surface area contributed by atoms with Gasteiger partial charge in [-0.3, -0.25) is 9.36 Å². The van der Waals surface area contributed by atoms with Crippen LogP contribution in [0.15, 0.2) is 109 Å². The third-order valence-corrected chi connectivity index (χ3v) is 8.79. The molecule has 0 saturated carbocycles. The van der Waals surface area contributed by atoms with Crippen LogP contribution in [0.25, 0.3) is 23.1 Å². The Kier molecular flexibility index (Phi) is 5.98. The Morgan fingerprint density at radius 1 is 1.03 bits per heavy atom. The molecule has 5 aromatic rings. The maximum atomic E-state index is 14.0. The van der Waals surface area contributed by atoms with Crippen LogP contribution in [-0.2, 0) is 6.42 Å². The number of hydrogen-bond acceptors (Lipinski definition) is 5. The highest BCUT2D eigenvalue weighted by molar-refractivity contribution is 9.10. The van der Waals surface area contributed by atoms with Crippen molar-refractivity contribution < 1.29 is 9.15 Å². The first-order valence-electron chi connectivity index (χ1n) is 12.7. The number of aromatic nitrogens is 1. The summed E-state index contributed by atoms with van der Waals surface area (Å²) >= 11 is 4.91. The van der Waals surface area contributed by atoms with Crippen LogP contribution in [0.4, 0.5) is 0 Å². The maximum absolute atomic E-state index is 14.0. The standard InChI is InChI=1S/C32H23BrN2O3S/c1-37-27-12-5-4-11-24(27)30-25-15-13-19-7-2-3-10-23(19)29(25)34-32-35(30)31(36)28(39-32)18-22-14-16-26(38-22)20-8-6-9-21(33)17-20/h2-12,14,16-18,30H,13,15H2,1H3/b28-18-/t30-/m0/s1. The Morgan fingerprint density at radius 2 is 1.87 bits per heavy atom. The van der Waals surface area contributed by atoms with Gasteiger partial charge in [0.05, 0.1) is 23.4 Å². The van der Waals surface area contributed by atoms with Crippen LogP contribution >= 0.6 is 27.3 Å². The molecule has 0 spiro atoms. The van der Waals surface area contributed by atoms with E-state index in [9.17, 15) is 4.79 Å². The van der Waals surface area contributed by atoms with E-state index in [-0.39, 0.29) is 11.6 Å². The number of thiazole rings is 1. The highest BCUT2D eigenvalue weighted by Gasteiger charge is 2.34. The van der Waals surface area contributed by atoms with Crippen LogP contribution in [0, 0.1) is 0 Å². The molecule has 2 aromatic heterocycles. The quantitative estimate of drug-likeness (QED) is 0.243. The third-order valence-electron chi connectivity index (χ3n) is 7.32. The first-order chi connectivity index (χ1) is 19.1. The van der Waals surface area contributed by atoms with Crippen LogP contribution in [0.2, 0.25) is 0 Å². The van der Waals surface area contributed by atoms with E-state index in [0.717, 1.165) is 56.8 Å². The zero-order valence-electron chi connectivity index (χ0n) is 21.1. The van der Waals surface area contributed by atoms with E-state index in [1.807, 2.05) is 71.3 Å². The summed E-state index contributed by atoms with van der Waals surface area (Å²) in [5.74, 6) is 2.13. The normalized spacial score (nSPS) is 16.4. The number of benzene rings is 3. The van der Waals surface area contributed by atoms with Crippen LogP contribution in [0.1, 0.15) is 34.9 Å². The molecular formula is C32H23BrN2O3S. The fourth-order valence-corrected chi connectivity index (χ4v) is 6.93. The SMILES string of the molecule is COc1ccccc1[C@H]1C2=C(N=c3s/c(=C\c4ccc(-c5cccc(Br)c5)o4)c(=O)n31)c1ccccc1CC2. The van der Waals surface area contributed by atoms with Crippen molar-refractivity contribution in [3.8, 4) is 17.1 Å². The van der Waals surface area contributed by atoms with E-state index < -0.39 is 0 Å². The molecule has 0 fully saturated rings. The molecule has 0 saturated heterocycles. The minimum atomic E-state index is -0.295. The Balaban J connectivity index is 1.42. The molecular weight excluding hydrogens is 572 g/mol. The van der Waals surface area contributed by atoms with E-state index in [2.05, 4.69) is 40.2 Å². The monoisotopic (exact) mass is 594 g/mol. The number of aryl methyl sites for hydroxylation is 1. The van der Waals surface area contributed by atoms with Gasteiger partial charge in [-0.15, -0.1) is 0 Å². The van der Waals surface area contributed by atoms with E-state index in [0.29, 0.717) is 15.1 Å². The number of furan rings is 1. The van der Waals surface area contributed by atoms with Crippen molar-refractivity contribution in [2.24, 2.45) is 4.99 Å². The molecule has 2 aliphatic rings. The minimum Gasteiger partial charge on any atom is -0.496 e. The molecule has 0 unspecified atom stereocenters. The molecule has 1 aliphatic carbocycles. The van der Waals surface area contributed by atoms with E-state index in [4.69, 9.17) is 14.1 Å². The van der Waals surface area contributed by atoms with Crippen molar-refractivity contribution in [1.29, 1.82) is 0 Å². The summed E-state index contributed by atoms with van der Waals surface area (Å²) in [4.78, 5) is 19.8. The smallest absolute Gasteiger partial charge is 0.271 e. The zero-order chi connectivity index (χ0) is 26.5. The summed E-state index contributed by atoms with van der Waals surface area (Å²) < 4.78 is 15.3. The summed E-state index contributed by atoms with van der Waals surface area (Å²) in [5, 5.41) is 0. The summed E-state index contributed by atoms with van der Waals surface area (Å²) in [5.41, 5.74) is 6.38. The van der Waals surface area contributed by atoms with Crippen molar-refractivity contribution in [1.82, 2.24) is 4.57 Å². The number of fused-ring (bicyclic) bond motifs is 3. The van der Waals surface area contributed by atoms with Gasteiger partial charge in [-0.2, -0.15) is 0 Å². The molecule has 3 heterocycles. The molecule has 39 heavy (non-hydrogen) atoms. The molecule has 7 rings (SSSR count). The van der Waals surface area contributed by atoms with Gasteiger partial charge in [0.1, 0.15) is 17.3 Å². The molecule has 0 N–H and O–H groups in total. The van der Waals surface area contributed by atoms with E-state index in [1.165, 1.54) is 16.9 Å². The van der Waals surface area contributed by atoms with Gasteiger partial charge in [0.2, 0.25) is 0 Å². The van der Waals surface area contributed by atoms with Crippen molar-refractivity contribution in [2.45, 2.75) is 18.9 Å². The molecule has 192 valence electrons. The lowest BCUT2D eigenvalue weighted by Gasteiger charge is -2.31. The molecule has 1 aliphatic heterocycles. The van der Waals surface area contributed by atoms with Gasteiger partial charge in [-0.05, 0) is 54.3 Å². The Hall–Kier alpha value is -3.94. The molecule has 0 bridgehead atoms. The summed E-state index contributed by atoms with van der Waals surface area (Å²) in [6.45, 7) is 0. The van der Waals surface area contributed by atoms with Crippen LogP contribution in [0.5, 0.6) is 5.75 Å². The lowest BCUT2D eigenvalue weighted by atomic mass is 9.83. The maximum Gasteiger partial charge on any atom is 0.271 e. The number of hydrogen-bond donors (Lipinski definition) is 0.